The van der Waals surface area contributed by atoms with Crippen LogP contribution in [0.15, 0.2) is 18.2 Å². The van der Waals surface area contributed by atoms with Crippen molar-refractivity contribution in [2.45, 2.75) is 31.7 Å². The highest BCUT2D eigenvalue weighted by Crippen LogP contribution is 2.26. The van der Waals surface area contributed by atoms with Gasteiger partial charge in [-0.3, -0.25) is 4.79 Å². The van der Waals surface area contributed by atoms with Crippen LogP contribution in [-0.2, 0) is 0 Å². The molecule has 0 aliphatic heterocycles. The minimum absolute atomic E-state index is 0.167. The fourth-order valence-corrected chi connectivity index (χ4v) is 2.33. The number of phenols is 1. The Morgan fingerprint density at radius 3 is 2.65 bits per heavy atom. The van der Waals surface area contributed by atoms with Crippen molar-refractivity contribution in [2.24, 2.45) is 0 Å². The summed E-state index contributed by atoms with van der Waals surface area (Å²) in [5, 5.41) is 9.57. The molecule has 3 nitrogen and oxygen atoms in total. The maximum Gasteiger partial charge on any atom is 0.257 e. The lowest BCUT2D eigenvalue weighted by molar-refractivity contribution is 0.0732. The van der Waals surface area contributed by atoms with E-state index in [9.17, 15) is 14.3 Å². The molecule has 4 heteroatoms. The van der Waals surface area contributed by atoms with E-state index in [0.29, 0.717) is 0 Å². The highest BCUT2D eigenvalue weighted by atomic mass is 19.1. The zero-order valence-corrected chi connectivity index (χ0v) is 9.82. The van der Waals surface area contributed by atoms with Crippen molar-refractivity contribution in [1.82, 2.24) is 4.90 Å². The summed E-state index contributed by atoms with van der Waals surface area (Å²) in [7, 11) is 1.74. The molecule has 0 radical (unpaired) electrons. The average molecular weight is 237 g/mol. The number of phenolic OH excluding ortho intramolecular Hbond substituents is 1. The van der Waals surface area contributed by atoms with Crippen LogP contribution in [0.1, 0.15) is 36.0 Å². The Balaban J connectivity index is 2.18. The molecule has 17 heavy (non-hydrogen) atoms. The van der Waals surface area contributed by atoms with Crippen LogP contribution in [0, 0.1) is 5.82 Å². The maximum absolute atomic E-state index is 12.8. The molecule has 1 aromatic rings. The lowest BCUT2D eigenvalue weighted by Crippen LogP contribution is -2.35. The van der Waals surface area contributed by atoms with Gasteiger partial charge in [0.2, 0.25) is 0 Å². The molecule has 1 aliphatic carbocycles. The summed E-state index contributed by atoms with van der Waals surface area (Å²) in [6.07, 6.45) is 4.28. The predicted molar refractivity (Wildman–Crippen MR) is 62.4 cm³/mol. The normalized spacial score (nSPS) is 16.1. The topological polar surface area (TPSA) is 40.5 Å². The van der Waals surface area contributed by atoms with Gasteiger partial charge in [0.25, 0.3) is 5.91 Å². The second kappa shape index (κ2) is 4.73. The van der Waals surface area contributed by atoms with Crippen molar-refractivity contribution < 1.29 is 14.3 Å². The number of carbonyl (C=O) groups excluding carboxylic acids is 1. The lowest BCUT2D eigenvalue weighted by Gasteiger charge is -2.24. The smallest absolute Gasteiger partial charge is 0.257 e. The molecular weight excluding hydrogens is 221 g/mol. The zero-order chi connectivity index (χ0) is 12.4. The molecule has 1 saturated carbocycles. The zero-order valence-electron chi connectivity index (χ0n) is 9.82. The van der Waals surface area contributed by atoms with Crippen LogP contribution < -0.4 is 0 Å². The van der Waals surface area contributed by atoms with Gasteiger partial charge in [-0.1, -0.05) is 12.8 Å². The highest BCUT2D eigenvalue weighted by Gasteiger charge is 2.25. The predicted octanol–water partition coefficient (Wildman–Crippen LogP) is 2.55. The largest absolute Gasteiger partial charge is 0.507 e. The maximum atomic E-state index is 12.8. The summed E-state index contributed by atoms with van der Waals surface area (Å²) < 4.78 is 12.8. The van der Waals surface area contributed by atoms with Crippen LogP contribution in [0.5, 0.6) is 5.75 Å². The van der Waals surface area contributed by atoms with E-state index in [4.69, 9.17) is 0 Å². The van der Waals surface area contributed by atoms with Crippen LogP contribution >= 0.6 is 0 Å². The summed E-state index contributed by atoms with van der Waals surface area (Å²) in [5.41, 5.74) is 0.167. The molecule has 1 N–H and O–H groups in total. The first kappa shape index (κ1) is 11.9. The van der Waals surface area contributed by atoms with Gasteiger partial charge in [-0.25, -0.2) is 4.39 Å². The van der Waals surface area contributed by atoms with Crippen LogP contribution in [0.4, 0.5) is 4.39 Å². The van der Waals surface area contributed by atoms with Gasteiger partial charge >= 0.3 is 0 Å². The number of amides is 1. The third-order valence-electron chi connectivity index (χ3n) is 3.38. The van der Waals surface area contributed by atoms with Gasteiger partial charge in [0.15, 0.2) is 0 Å². The lowest BCUT2D eigenvalue weighted by atomic mass is 10.1. The van der Waals surface area contributed by atoms with Crippen LogP contribution in [0.2, 0.25) is 0 Å². The van der Waals surface area contributed by atoms with Crippen molar-refractivity contribution in [3.8, 4) is 5.75 Å². The van der Waals surface area contributed by atoms with E-state index in [1.807, 2.05) is 0 Å². The number of hydrogen-bond donors (Lipinski definition) is 1. The second-order valence-electron chi connectivity index (χ2n) is 4.52. The third kappa shape index (κ3) is 2.40. The number of carbonyl (C=O) groups is 1. The van der Waals surface area contributed by atoms with E-state index >= 15 is 0 Å². The minimum Gasteiger partial charge on any atom is -0.507 e. The number of aromatic hydroxyl groups is 1. The van der Waals surface area contributed by atoms with Gasteiger partial charge in [-0.2, -0.15) is 0 Å². The quantitative estimate of drug-likeness (QED) is 0.858. The van der Waals surface area contributed by atoms with Crippen molar-refractivity contribution >= 4 is 5.91 Å². The number of benzene rings is 1. The van der Waals surface area contributed by atoms with Gasteiger partial charge in [-0.15, -0.1) is 0 Å². The Labute approximate surface area is 99.9 Å². The molecule has 0 atom stereocenters. The Kier molecular flexibility index (Phi) is 3.31. The molecule has 1 aromatic carbocycles. The highest BCUT2D eigenvalue weighted by molar-refractivity contribution is 5.96. The fraction of sp³-hybridized carbons (Fsp3) is 0.462. The molecule has 0 aromatic heterocycles. The molecular formula is C13H16FNO2. The Hall–Kier alpha value is -1.58. The molecule has 92 valence electrons. The Morgan fingerprint density at radius 1 is 1.41 bits per heavy atom. The number of nitrogens with zero attached hydrogens (tertiary/aromatic N) is 1. The van der Waals surface area contributed by atoms with Crippen LogP contribution in [0.25, 0.3) is 0 Å². The average Bonchev–Trinajstić information content (AvgIpc) is 2.80. The van der Waals surface area contributed by atoms with E-state index in [-0.39, 0.29) is 23.3 Å². The Morgan fingerprint density at radius 2 is 2.06 bits per heavy atom. The van der Waals surface area contributed by atoms with Crippen molar-refractivity contribution in [3.63, 3.8) is 0 Å². The van der Waals surface area contributed by atoms with E-state index < -0.39 is 5.82 Å². The SMILES string of the molecule is CN(C(=O)c1ccc(F)cc1O)C1CCCC1. The van der Waals surface area contributed by atoms with Gasteiger partial charge in [0, 0.05) is 19.2 Å². The van der Waals surface area contributed by atoms with E-state index in [2.05, 4.69) is 0 Å². The molecule has 1 fully saturated rings. The molecule has 0 unspecified atom stereocenters. The van der Waals surface area contributed by atoms with Crippen molar-refractivity contribution in [2.75, 3.05) is 7.05 Å². The number of halogens is 1. The molecule has 0 spiro atoms. The monoisotopic (exact) mass is 237 g/mol. The first-order valence-electron chi connectivity index (χ1n) is 5.85. The van der Waals surface area contributed by atoms with Crippen LogP contribution in [-0.4, -0.2) is 29.0 Å². The molecule has 0 bridgehead atoms. The van der Waals surface area contributed by atoms with E-state index in [1.165, 1.54) is 12.1 Å². The standard InChI is InChI=1S/C13H16FNO2/c1-15(10-4-2-3-5-10)13(17)11-7-6-9(14)8-12(11)16/h6-8,10,16H,2-5H2,1H3. The summed E-state index contributed by atoms with van der Waals surface area (Å²) in [6.45, 7) is 0. The number of hydrogen-bond acceptors (Lipinski definition) is 2. The Bertz CT molecular complexity index is 427. The minimum atomic E-state index is -0.539. The molecule has 2 rings (SSSR count). The molecule has 0 saturated heterocycles. The van der Waals surface area contributed by atoms with Crippen LogP contribution in [0.3, 0.4) is 0 Å². The third-order valence-corrected chi connectivity index (χ3v) is 3.38. The summed E-state index contributed by atoms with van der Waals surface area (Å²) in [5.74, 6) is -1.07. The molecule has 1 aliphatic rings. The first-order chi connectivity index (χ1) is 8.09. The molecule has 1 amide bonds. The van der Waals surface area contributed by atoms with Crippen molar-refractivity contribution in [1.29, 1.82) is 0 Å². The molecule has 0 heterocycles. The summed E-state index contributed by atoms with van der Waals surface area (Å²) in [6, 6.07) is 3.73. The van der Waals surface area contributed by atoms with Gasteiger partial charge in [0.05, 0.1) is 5.56 Å². The summed E-state index contributed by atoms with van der Waals surface area (Å²) >= 11 is 0. The fourth-order valence-electron chi connectivity index (χ4n) is 2.33. The van der Waals surface area contributed by atoms with Gasteiger partial charge in [0.1, 0.15) is 11.6 Å². The van der Waals surface area contributed by atoms with Gasteiger partial charge in [-0.05, 0) is 25.0 Å². The number of rotatable bonds is 2. The first-order valence-corrected chi connectivity index (χ1v) is 5.85. The van der Waals surface area contributed by atoms with E-state index in [0.717, 1.165) is 31.7 Å². The van der Waals surface area contributed by atoms with Gasteiger partial charge < -0.3 is 10.0 Å². The van der Waals surface area contributed by atoms with E-state index in [1.54, 1.807) is 11.9 Å². The van der Waals surface area contributed by atoms with Crippen molar-refractivity contribution in [3.05, 3.63) is 29.6 Å². The summed E-state index contributed by atoms with van der Waals surface area (Å²) in [4.78, 5) is 13.8. The second-order valence-corrected chi connectivity index (χ2v) is 4.52.